The van der Waals surface area contributed by atoms with Gasteiger partial charge < -0.3 is 4.74 Å². The summed E-state index contributed by atoms with van der Waals surface area (Å²) in [6, 6.07) is 16.5. The fourth-order valence-corrected chi connectivity index (χ4v) is 1.76. The van der Waals surface area contributed by atoms with Gasteiger partial charge in [-0.05, 0) is 29.3 Å². The van der Waals surface area contributed by atoms with E-state index in [0.717, 1.165) is 11.1 Å². The van der Waals surface area contributed by atoms with Gasteiger partial charge >= 0.3 is 5.97 Å². The van der Waals surface area contributed by atoms with Crippen molar-refractivity contribution in [3.63, 3.8) is 0 Å². The summed E-state index contributed by atoms with van der Waals surface area (Å²) < 4.78 is 4.68. The number of carbonyl (C=O) groups excluding carboxylic acids is 1. The van der Waals surface area contributed by atoms with E-state index in [4.69, 9.17) is 5.26 Å². The molecule has 2 aromatic carbocycles. The number of methoxy groups -OCH3 is 1. The molecule has 0 aliphatic rings. The number of esters is 1. The van der Waals surface area contributed by atoms with Crippen molar-refractivity contribution in [2.75, 3.05) is 7.11 Å². The first-order valence-corrected chi connectivity index (χ1v) is 5.44. The number of ether oxygens (including phenoxy) is 1. The van der Waals surface area contributed by atoms with Crippen LogP contribution in [0.2, 0.25) is 0 Å². The SMILES string of the molecule is COC(=O)c1cccc(-c2ccccc2C#N)c1. The Balaban J connectivity index is 2.52. The molecule has 0 spiro atoms. The van der Waals surface area contributed by atoms with Gasteiger partial charge in [-0.15, -0.1) is 0 Å². The minimum absolute atomic E-state index is 0.383. The summed E-state index contributed by atoms with van der Waals surface area (Å²) in [7, 11) is 1.35. The first-order valence-electron chi connectivity index (χ1n) is 5.44. The number of carbonyl (C=O) groups is 1. The van der Waals surface area contributed by atoms with E-state index < -0.39 is 0 Å². The zero-order valence-electron chi connectivity index (χ0n) is 9.88. The first-order chi connectivity index (χ1) is 8.76. The fraction of sp³-hybridized carbons (Fsp3) is 0.0667. The Morgan fingerprint density at radius 2 is 1.94 bits per heavy atom. The van der Waals surface area contributed by atoms with Gasteiger partial charge in [0.05, 0.1) is 24.3 Å². The number of nitriles is 1. The quantitative estimate of drug-likeness (QED) is 0.754. The Labute approximate surface area is 105 Å². The lowest BCUT2D eigenvalue weighted by molar-refractivity contribution is 0.0601. The van der Waals surface area contributed by atoms with Crippen LogP contribution in [0.25, 0.3) is 11.1 Å². The molecule has 0 radical (unpaired) electrons. The molecule has 0 aliphatic heterocycles. The molecule has 0 bridgehead atoms. The van der Waals surface area contributed by atoms with E-state index in [9.17, 15) is 4.79 Å². The molecule has 0 aromatic heterocycles. The van der Waals surface area contributed by atoms with Crippen LogP contribution in [0.4, 0.5) is 0 Å². The molecule has 0 heterocycles. The molecule has 3 heteroatoms. The van der Waals surface area contributed by atoms with Crippen LogP contribution >= 0.6 is 0 Å². The van der Waals surface area contributed by atoms with Gasteiger partial charge in [-0.25, -0.2) is 4.79 Å². The highest BCUT2D eigenvalue weighted by Gasteiger charge is 2.08. The summed E-state index contributed by atoms with van der Waals surface area (Å²) in [5.74, 6) is -0.383. The van der Waals surface area contributed by atoms with Crippen LogP contribution in [0.3, 0.4) is 0 Å². The van der Waals surface area contributed by atoms with Crippen molar-refractivity contribution in [2.24, 2.45) is 0 Å². The van der Waals surface area contributed by atoms with Crippen LogP contribution < -0.4 is 0 Å². The summed E-state index contributed by atoms with van der Waals surface area (Å²) in [5.41, 5.74) is 2.70. The van der Waals surface area contributed by atoms with Crippen molar-refractivity contribution in [1.82, 2.24) is 0 Å². The lowest BCUT2D eigenvalue weighted by Crippen LogP contribution is -2.00. The van der Waals surface area contributed by atoms with Crippen molar-refractivity contribution in [3.05, 3.63) is 59.7 Å². The average Bonchev–Trinajstić information content (AvgIpc) is 2.46. The molecular weight excluding hydrogens is 226 g/mol. The second kappa shape index (κ2) is 5.15. The molecule has 0 unspecified atom stereocenters. The fourth-order valence-electron chi connectivity index (χ4n) is 1.76. The highest BCUT2D eigenvalue weighted by Crippen LogP contribution is 2.24. The van der Waals surface area contributed by atoms with Crippen molar-refractivity contribution >= 4 is 5.97 Å². The van der Waals surface area contributed by atoms with E-state index >= 15 is 0 Å². The normalized spacial score (nSPS) is 9.56. The minimum Gasteiger partial charge on any atom is -0.465 e. The number of benzene rings is 2. The van der Waals surface area contributed by atoms with Gasteiger partial charge in [-0.3, -0.25) is 0 Å². The zero-order valence-corrected chi connectivity index (χ0v) is 9.88. The van der Waals surface area contributed by atoms with Crippen molar-refractivity contribution < 1.29 is 9.53 Å². The summed E-state index contributed by atoms with van der Waals surface area (Å²) in [6.07, 6.45) is 0. The molecule has 0 fully saturated rings. The molecule has 0 saturated heterocycles. The highest BCUT2D eigenvalue weighted by molar-refractivity contribution is 5.91. The Hall–Kier alpha value is -2.60. The topological polar surface area (TPSA) is 50.1 Å². The van der Waals surface area contributed by atoms with Crippen LogP contribution in [-0.2, 0) is 4.74 Å². The largest absolute Gasteiger partial charge is 0.465 e. The molecule has 0 saturated carbocycles. The Morgan fingerprint density at radius 3 is 2.67 bits per heavy atom. The second-order valence-electron chi connectivity index (χ2n) is 3.73. The maximum atomic E-state index is 11.5. The molecule has 0 aliphatic carbocycles. The van der Waals surface area contributed by atoms with Gasteiger partial charge in [-0.2, -0.15) is 5.26 Å². The van der Waals surface area contributed by atoms with Crippen LogP contribution in [0.1, 0.15) is 15.9 Å². The first kappa shape index (κ1) is 11.9. The molecular formula is C15H11NO2. The van der Waals surface area contributed by atoms with Gasteiger partial charge in [0.2, 0.25) is 0 Å². The highest BCUT2D eigenvalue weighted by atomic mass is 16.5. The monoisotopic (exact) mass is 237 g/mol. The Morgan fingerprint density at radius 1 is 1.17 bits per heavy atom. The second-order valence-corrected chi connectivity index (χ2v) is 3.73. The lowest BCUT2D eigenvalue weighted by Gasteiger charge is -2.05. The van der Waals surface area contributed by atoms with Crippen molar-refractivity contribution in [2.45, 2.75) is 0 Å². The standard InChI is InChI=1S/C15H11NO2/c1-18-15(17)12-7-4-6-11(9-12)14-8-3-2-5-13(14)10-16/h2-9H,1H3. The van der Waals surface area contributed by atoms with E-state index in [-0.39, 0.29) is 5.97 Å². The number of hydrogen-bond donors (Lipinski definition) is 0. The van der Waals surface area contributed by atoms with Gasteiger partial charge in [0, 0.05) is 0 Å². The number of rotatable bonds is 2. The molecule has 18 heavy (non-hydrogen) atoms. The van der Waals surface area contributed by atoms with Gasteiger partial charge in [0.25, 0.3) is 0 Å². The minimum atomic E-state index is -0.383. The van der Waals surface area contributed by atoms with Gasteiger partial charge in [-0.1, -0.05) is 30.3 Å². The zero-order chi connectivity index (χ0) is 13.0. The molecule has 0 atom stereocenters. The maximum absolute atomic E-state index is 11.5. The van der Waals surface area contributed by atoms with Crippen LogP contribution in [0.15, 0.2) is 48.5 Å². The number of hydrogen-bond acceptors (Lipinski definition) is 3. The molecule has 0 amide bonds. The lowest BCUT2D eigenvalue weighted by atomic mass is 9.99. The van der Waals surface area contributed by atoms with E-state index in [1.807, 2.05) is 24.3 Å². The third-order valence-electron chi connectivity index (χ3n) is 2.64. The summed E-state index contributed by atoms with van der Waals surface area (Å²) in [5, 5.41) is 9.06. The Kier molecular flexibility index (Phi) is 3.40. The van der Waals surface area contributed by atoms with Crippen LogP contribution in [-0.4, -0.2) is 13.1 Å². The average molecular weight is 237 g/mol. The van der Waals surface area contributed by atoms with Gasteiger partial charge in [0.15, 0.2) is 0 Å². The molecule has 3 nitrogen and oxygen atoms in total. The smallest absolute Gasteiger partial charge is 0.337 e. The number of nitrogens with zero attached hydrogens (tertiary/aromatic N) is 1. The van der Waals surface area contributed by atoms with E-state index in [1.54, 1.807) is 24.3 Å². The van der Waals surface area contributed by atoms with E-state index in [0.29, 0.717) is 11.1 Å². The molecule has 0 N–H and O–H groups in total. The summed E-state index contributed by atoms with van der Waals surface area (Å²) >= 11 is 0. The summed E-state index contributed by atoms with van der Waals surface area (Å²) in [6.45, 7) is 0. The Bertz CT molecular complexity index is 626. The van der Waals surface area contributed by atoms with E-state index in [2.05, 4.69) is 10.8 Å². The predicted molar refractivity (Wildman–Crippen MR) is 67.9 cm³/mol. The molecule has 88 valence electrons. The van der Waals surface area contributed by atoms with E-state index in [1.165, 1.54) is 7.11 Å². The molecule has 2 rings (SSSR count). The van der Waals surface area contributed by atoms with Gasteiger partial charge in [0.1, 0.15) is 0 Å². The maximum Gasteiger partial charge on any atom is 0.337 e. The third kappa shape index (κ3) is 2.23. The molecule has 2 aromatic rings. The third-order valence-corrected chi connectivity index (χ3v) is 2.64. The summed E-state index contributed by atoms with van der Waals surface area (Å²) in [4.78, 5) is 11.5. The van der Waals surface area contributed by atoms with Crippen LogP contribution in [0.5, 0.6) is 0 Å². The van der Waals surface area contributed by atoms with Crippen molar-refractivity contribution in [1.29, 1.82) is 5.26 Å². The van der Waals surface area contributed by atoms with Crippen molar-refractivity contribution in [3.8, 4) is 17.2 Å². The predicted octanol–water partition coefficient (Wildman–Crippen LogP) is 3.01. The van der Waals surface area contributed by atoms with Crippen LogP contribution in [0, 0.1) is 11.3 Å².